The Hall–Kier alpha value is -0.560. The zero-order chi connectivity index (χ0) is 18.0. The molecule has 1 heteroatoms. The van der Waals surface area contributed by atoms with Crippen molar-refractivity contribution in [3.63, 3.8) is 0 Å². The molecule has 138 valence electrons. The van der Waals surface area contributed by atoms with Crippen LogP contribution in [0.4, 0.5) is 0 Å². The lowest BCUT2D eigenvalue weighted by atomic mass is 9.48. The third kappa shape index (κ3) is 4.34. The monoisotopic (exact) mass is 332 g/mol. The molecule has 2 aliphatic rings. The molecule has 0 aromatic rings. The highest BCUT2D eigenvalue weighted by molar-refractivity contribution is 5.19. The average Bonchev–Trinajstić information content (AvgIpc) is 2.45. The standard InChI is InChI=1S/C23H40O/c1-17(9-7-10-19(3)24)11-13-20-18(2)12-14-21-22(4,5)15-8-16-23(20,21)6/h9,12,19-21,24H,7-8,10-11,13-16H2,1-6H3/b17-9+/t19-,20-,21-,23-/m1/s1. The number of allylic oxidation sites excluding steroid dienone is 4. The topological polar surface area (TPSA) is 20.2 Å². The van der Waals surface area contributed by atoms with Gasteiger partial charge in [-0.05, 0) is 88.4 Å². The lowest BCUT2D eigenvalue weighted by molar-refractivity contribution is -0.0390. The van der Waals surface area contributed by atoms with E-state index in [1.54, 1.807) is 5.57 Å². The predicted molar refractivity (Wildman–Crippen MR) is 105 cm³/mol. The number of rotatable bonds is 6. The van der Waals surface area contributed by atoms with Gasteiger partial charge in [0.1, 0.15) is 0 Å². The molecule has 0 unspecified atom stereocenters. The van der Waals surface area contributed by atoms with E-state index >= 15 is 0 Å². The van der Waals surface area contributed by atoms with Gasteiger partial charge in [-0.3, -0.25) is 0 Å². The lowest BCUT2D eigenvalue weighted by Crippen LogP contribution is -2.48. The summed E-state index contributed by atoms with van der Waals surface area (Å²) in [6.45, 7) is 14.1. The maximum atomic E-state index is 9.41. The van der Waals surface area contributed by atoms with E-state index in [4.69, 9.17) is 0 Å². The summed E-state index contributed by atoms with van der Waals surface area (Å²) >= 11 is 0. The number of hydrogen-bond donors (Lipinski definition) is 1. The van der Waals surface area contributed by atoms with Gasteiger partial charge >= 0.3 is 0 Å². The van der Waals surface area contributed by atoms with Gasteiger partial charge < -0.3 is 5.11 Å². The third-order valence-corrected chi connectivity index (χ3v) is 7.20. The van der Waals surface area contributed by atoms with Crippen LogP contribution < -0.4 is 0 Å². The smallest absolute Gasteiger partial charge is 0.0515 e. The fourth-order valence-electron chi connectivity index (χ4n) is 5.74. The molecule has 1 nitrogen and oxygen atoms in total. The Morgan fingerprint density at radius 3 is 2.71 bits per heavy atom. The molecular weight excluding hydrogens is 292 g/mol. The molecule has 1 saturated carbocycles. The van der Waals surface area contributed by atoms with Crippen molar-refractivity contribution in [2.45, 2.75) is 99.0 Å². The first-order valence-corrected chi connectivity index (χ1v) is 10.2. The Morgan fingerprint density at radius 1 is 1.33 bits per heavy atom. The van der Waals surface area contributed by atoms with E-state index in [0.717, 1.165) is 24.7 Å². The SMILES string of the molecule is CC1=CC[C@@H]2C(C)(C)CCC[C@]2(C)[C@@H]1CC/C(C)=C/CC[C@@H](C)O. The zero-order valence-electron chi connectivity index (χ0n) is 17.0. The summed E-state index contributed by atoms with van der Waals surface area (Å²) in [7, 11) is 0. The van der Waals surface area contributed by atoms with Gasteiger partial charge in [0.2, 0.25) is 0 Å². The molecule has 0 amide bonds. The zero-order valence-corrected chi connectivity index (χ0v) is 17.0. The van der Waals surface area contributed by atoms with Crippen molar-refractivity contribution in [1.29, 1.82) is 0 Å². The van der Waals surface area contributed by atoms with Gasteiger partial charge in [-0.25, -0.2) is 0 Å². The van der Waals surface area contributed by atoms with Gasteiger partial charge in [0, 0.05) is 0 Å². The number of hydrogen-bond acceptors (Lipinski definition) is 1. The van der Waals surface area contributed by atoms with Gasteiger partial charge in [-0.1, -0.05) is 50.5 Å². The molecule has 1 fully saturated rings. The van der Waals surface area contributed by atoms with Crippen LogP contribution in [0.1, 0.15) is 92.9 Å². The minimum absolute atomic E-state index is 0.179. The summed E-state index contributed by atoms with van der Waals surface area (Å²) in [6.07, 6.45) is 14.6. The predicted octanol–water partition coefficient (Wildman–Crippen LogP) is 6.67. The fraction of sp³-hybridized carbons (Fsp3) is 0.826. The molecule has 0 bridgehead atoms. The third-order valence-electron chi connectivity index (χ3n) is 7.20. The molecule has 0 aromatic carbocycles. The molecule has 0 heterocycles. The summed E-state index contributed by atoms with van der Waals surface area (Å²) in [6, 6.07) is 0. The van der Waals surface area contributed by atoms with Crippen LogP contribution in [0.25, 0.3) is 0 Å². The van der Waals surface area contributed by atoms with Crippen LogP contribution in [-0.2, 0) is 0 Å². The normalized spacial score (nSPS) is 34.5. The van der Waals surface area contributed by atoms with E-state index in [1.807, 2.05) is 6.92 Å². The number of aliphatic hydroxyl groups excluding tert-OH is 1. The van der Waals surface area contributed by atoms with Crippen molar-refractivity contribution in [2.75, 3.05) is 0 Å². The van der Waals surface area contributed by atoms with Crippen molar-refractivity contribution in [3.8, 4) is 0 Å². The maximum Gasteiger partial charge on any atom is 0.0515 e. The van der Waals surface area contributed by atoms with Crippen molar-refractivity contribution in [2.24, 2.45) is 22.7 Å². The van der Waals surface area contributed by atoms with Crippen LogP contribution in [0.15, 0.2) is 23.3 Å². The maximum absolute atomic E-state index is 9.41. The second-order valence-corrected chi connectivity index (χ2v) is 9.65. The second kappa shape index (κ2) is 7.77. The van der Waals surface area contributed by atoms with E-state index in [2.05, 4.69) is 46.8 Å². The summed E-state index contributed by atoms with van der Waals surface area (Å²) in [5.74, 6) is 1.59. The van der Waals surface area contributed by atoms with Crippen molar-refractivity contribution in [1.82, 2.24) is 0 Å². The molecule has 4 atom stereocenters. The Morgan fingerprint density at radius 2 is 2.04 bits per heavy atom. The highest BCUT2D eigenvalue weighted by Gasteiger charge is 2.51. The second-order valence-electron chi connectivity index (χ2n) is 9.65. The number of aliphatic hydroxyl groups is 1. The fourth-order valence-corrected chi connectivity index (χ4v) is 5.74. The molecule has 0 radical (unpaired) electrons. The van der Waals surface area contributed by atoms with E-state index in [1.165, 1.54) is 44.1 Å². The Kier molecular flexibility index (Phi) is 6.40. The molecule has 0 spiro atoms. The Balaban J connectivity index is 2.05. The molecule has 1 N–H and O–H groups in total. The van der Waals surface area contributed by atoms with Crippen molar-refractivity contribution in [3.05, 3.63) is 23.3 Å². The quantitative estimate of drug-likeness (QED) is 0.538. The lowest BCUT2D eigenvalue weighted by Gasteiger charge is -2.57. The van der Waals surface area contributed by atoms with Crippen LogP contribution >= 0.6 is 0 Å². The minimum Gasteiger partial charge on any atom is -0.393 e. The van der Waals surface area contributed by atoms with E-state index < -0.39 is 0 Å². The largest absolute Gasteiger partial charge is 0.393 e. The van der Waals surface area contributed by atoms with Gasteiger partial charge in [0.15, 0.2) is 0 Å². The summed E-state index contributed by atoms with van der Waals surface area (Å²) in [5.41, 5.74) is 4.12. The number of fused-ring (bicyclic) bond motifs is 1. The molecular formula is C23H40O. The van der Waals surface area contributed by atoms with Crippen LogP contribution in [0.5, 0.6) is 0 Å². The highest BCUT2D eigenvalue weighted by atomic mass is 16.3. The first kappa shape index (κ1) is 19.8. The Bertz CT molecular complexity index is 482. The van der Waals surface area contributed by atoms with Gasteiger partial charge in [0.05, 0.1) is 6.10 Å². The Labute approximate surface area is 150 Å². The van der Waals surface area contributed by atoms with Crippen LogP contribution in [0.3, 0.4) is 0 Å². The molecule has 24 heavy (non-hydrogen) atoms. The van der Waals surface area contributed by atoms with E-state index in [9.17, 15) is 5.11 Å². The van der Waals surface area contributed by atoms with Crippen LogP contribution in [0, 0.1) is 22.7 Å². The van der Waals surface area contributed by atoms with E-state index in [0.29, 0.717) is 10.8 Å². The molecule has 0 aliphatic heterocycles. The minimum atomic E-state index is -0.179. The molecule has 0 saturated heterocycles. The first-order valence-electron chi connectivity index (χ1n) is 10.2. The first-order chi connectivity index (χ1) is 11.2. The summed E-state index contributed by atoms with van der Waals surface area (Å²) < 4.78 is 0. The van der Waals surface area contributed by atoms with Crippen molar-refractivity contribution >= 4 is 0 Å². The molecule has 2 rings (SSSR count). The summed E-state index contributed by atoms with van der Waals surface area (Å²) in [5, 5.41) is 9.41. The molecule has 0 aromatic heterocycles. The van der Waals surface area contributed by atoms with Gasteiger partial charge in [0.25, 0.3) is 0 Å². The van der Waals surface area contributed by atoms with Gasteiger partial charge in [-0.2, -0.15) is 0 Å². The summed E-state index contributed by atoms with van der Waals surface area (Å²) in [4.78, 5) is 0. The average molecular weight is 333 g/mol. The van der Waals surface area contributed by atoms with Crippen molar-refractivity contribution < 1.29 is 5.11 Å². The van der Waals surface area contributed by atoms with E-state index in [-0.39, 0.29) is 6.10 Å². The van der Waals surface area contributed by atoms with Gasteiger partial charge in [-0.15, -0.1) is 0 Å². The van der Waals surface area contributed by atoms with Crippen LogP contribution in [-0.4, -0.2) is 11.2 Å². The highest BCUT2D eigenvalue weighted by Crippen LogP contribution is 2.60. The molecule has 2 aliphatic carbocycles. The van der Waals surface area contributed by atoms with Crippen LogP contribution in [0.2, 0.25) is 0 Å².